The summed E-state index contributed by atoms with van der Waals surface area (Å²) >= 11 is 0. The van der Waals surface area contributed by atoms with Gasteiger partial charge in [-0.3, -0.25) is 4.79 Å². The highest BCUT2D eigenvalue weighted by Gasteiger charge is 2.10. The summed E-state index contributed by atoms with van der Waals surface area (Å²) in [6.07, 6.45) is 0.303. The van der Waals surface area contributed by atoms with Crippen LogP contribution in [0.2, 0.25) is 0 Å². The molecule has 2 N–H and O–H groups in total. The van der Waals surface area contributed by atoms with Gasteiger partial charge in [0.05, 0.1) is 24.6 Å². The lowest BCUT2D eigenvalue weighted by molar-refractivity contribution is -0.115. The van der Waals surface area contributed by atoms with Crippen LogP contribution in [0, 0.1) is 13.8 Å². The minimum absolute atomic E-state index is 0.0596. The van der Waals surface area contributed by atoms with E-state index in [1.165, 1.54) is 5.56 Å². The number of nitrogens with zero attached hydrogens (tertiary/aromatic N) is 1. The van der Waals surface area contributed by atoms with Crippen molar-refractivity contribution in [2.45, 2.75) is 20.3 Å². The van der Waals surface area contributed by atoms with Gasteiger partial charge in [0.25, 0.3) is 0 Å². The van der Waals surface area contributed by atoms with E-state index in [0.717, 1.165) is 45.0 Å². The van der Waals surface area contributed by atoms with Crippen LogP contribution in [0.5, 0.6) is 5.75 Å². The Morgan fingerprint density at radius 2 is 1.83 bits per heavy atom. The quantitative estimate of drug-likeness (QED) is 0.506. The summed E-state index contributed by atoms with van der Waals surface area (Å²) in [7, 11) is 1.63. The maximum Gasteiger partial charge on any atom is 0.228 e. The van der Waals surface area contributed by atoms with Gasteiger partial charge >= 0.3 is 0 Å². The number of fused-ring (bicyclic) bond motifs is 1. The van der Waals surface area contributed by atoms with Gasteiger partial charge in [-0.25, -0.2) is 4.98 Å². The average Bonchev–Trinajstić information content (AvgIpc) is 3.13. The van der Waals surface area contributed by atoms with Crippen molar-refractivity contribution in [2.24, 2.45) is 0 Å². The third-order valence-electron chi connectivity index (χ3n) is 4.95. The highest BCUT2D eigenvalue weighted by atomic mass is 16.5. The molecule has 0 saturated heterocycles. The molecule has 3 aromatic carbocycles. The van der Waals surface area contributed by atoms with Crippen molar-refractivity contribution >= 4 is 22.6 Å². The van der Waals surface area contributed by atoms with E-state index >= 15 is 0 Å². The van der Waals surface area contributed by atoms with Gasteiger partial charge in [0.15, 0.2) is 0 Å². The van der Waals surface area contributed by atoms with E-state index in [-0.39, 0.29) is 5.91 Å². The summed E-state index contributed by atoms with van der Waals surface area (Å²) in [5.74, 6) is 1.51. The van der Waals surface area contributed by atoms with Crippen molar-refractivity contribution in [3.63, 3.8) is 0 Å². The van der Waals surface area contributed by atoms with Crippen molar-refractivity contribution in [1.29, 1.82) is 0 Å². The molecule has 0 aliphatic carbocycles. The monoisotopic (exact) mass is 385 g/mol. The molecular weight excluding hydrogens is 362 g/mol. The number of aromatic amines is 1. The molecule has 0 fully saturated rings. The predicted octanol–water partition coefficient (Wildman–Crippen LogP) is 5.04. The number of nitrogens with one attached hydrogen (secondary N) is 2. The Kier molecular flexibility index (Phi) is 5.04. The lowest BCUT2D eigenvalue weighted by atomic mass is 10.1. The number of aromatic nitrogens is 2. The first-order valence-corrected chi connectivity index (χ1v) is 9.52. The van der Waals surface area contributed by atoms with E-state index in [4.69, 9.17) is 4.74 Å². The van der Waals surface area contributed by atoms with Gasteiger partial charge in [-0.15, -0.1) is 0 Å². The van der Waals surface area contributed by atoms with Crippen LogP contribution in [0.4, 0.5) is 5.69 Å². The normalized spacial score (nSPS) is 10.9. The van der Waals surface area contributed by atoms with Gasteiger partial charge in [0, 0.05) is 11.3 Å². The molecule has 0 unspecified atom stereocenters. The molecule has 0 radical (unpaired) electrons. The number of H-pyrrole nitrogens is 1. The summed E-state index contributed by atoms with van der Waals surface area (Å²) in [4.78, 5) is 20.6. The Morgan fingerprint density at radius 1 is 1.03 bits per heavy atom. The summed E-state index contributed by atoms with van der Waals surface area (Å²) in [5.41, 5.74) is 6.78. The Bertz CT molecular complexity index is 1180. The molecule has 146 valence electrons. The predicted molar refractivity (Wildman–Crippen MR) is 116 cm³/mol. The van der Waals surface area contributed by atoms with Crippen LogP contribution in [0.3, 0.4) is 0 Å². The van der Waals surface area contributed by atoms with Crippen LogP contribution in [0.25, 0.3) is 22.4 Å². The van der Waals surface area contributed by atoms with E-state index in [9.17, 15) is 4.79 Å². The highest BCUT2D eigenvalue weighted by molar-refractivity contribution is 5.93. The zero-order valence-corrected chi connectivity index (χ0v) is 16.7. The van der Waals surface area contributed by atoms with Crippen LogP contribution in [0.1, 0.15) is 16.7 Å². The molecule has 5 heteroatoms. The summed E-state index contributed by atoms with van der Waals surface area (Å²) in [5, 5.41) is 3.03. The second-order valence-corrected chi connectivity index (χ2v) is 7.21. The fourth-order valence-electron chi connectivity index (χ4n) is 3.29. The van der Waals surface area contributed by atoms with Crippen molar-refractivity contribution in [2.75, 3.05) is 12.4 Å². The van der Waals surface area contributed by atoms with Crippen LogP contribution < -0.4 is 10.1 Å². The number of hydrogen-bond donors (Lipinski definition) is 2. The summed E-state index contributed by atoms with van der Waals surface area (Å²) < 4.78 is 5.16. The van der Waals surface area contributed by atoms with Crippen molar-refractivity contribution < 1.29 is 9.53 Å². The molecule has 4 rings (SSSR count). The smallest absolute Gasteiger partial charge is 0.228 e. The average molecular weight is 385 g/mol. The van der Waals surface area contributed by atoms with E-state index in [2.05, 4.69) is 28.3 Å². The minimum Gasteiger partial charge on any atom is -0.497 e. The van der Waals surface area contributed by atoms with E-state index in [0.29, 0.717) is 6.42 Å². The summed E-state index contributed by atoms with van der Waals surface area (Å²) in [6.45, 7) is 4.04. The molecule has 1 amide bonds. The SMILES string of the molecule is COc1ccc(CC(=O)Nc2cc(-c3nc4ccc(C)cc4[nH]3)ccc2C)cc1. The molecule has 29 heavy (non-hydrogen) atoms. The standard InChI is InChI=1S/C24H23N3O2/c1-15-4-11-20-22(12-15)27-24(26-20)18-8-5-16(2)21(14-18)25-23(28)13-17-6-9-19(29-3)10-7-17/h4-12,14H,13H2,1-3H3,(H,25,28)(H,26,27). The zero-order chi connectivity index (χ0) is 20.4. The second kappa shape index (κ2) is 7.80. The molecule has 5 nitrogen and oxygen atoms in total. The number of hydrogen-bond acceptors (Lipinski definition) is 3. The number of benzene rings is 3. The van der Waals surface area contributed by atoms with Gasteiger partial charge in [-0.05, 0) is 60.9 Å². The van der Waals surface area contributed by atoms with Gasteiger partial charge in [0.2, 0.25) is 5.91 Å². The van der Waals surface area contributed by atoms with Crippen LogP contribution in [-0.2, 0) is 11.2 Å². The number of amides is 1. The van der Waals surface area contributed by atoms with Gasteiger partial charge in [-0.1, -0.05) is 30.3 Å². The van der Waals surface area contributed by atoms with Gasteiger partial charge < -0.3 is 15.0 Å². The third-order valence-corrected chi connectivity index (χ3v) is 4.95. The first kappa shape index (κ1) is 18.7. The molecule has 0 saturated carbocycles. The highest BCUT2D eigenvalue weighted by Crippen LogP contribution is 2.26. The van der Waals surface area contributed by atoms with Crippen LogP contribution in [0.15, 0.2) is 60.7 Å². The third kappa shape index (κ3) is 4.14. The number of rotatable bonds is 5. The molecule has 0 spiro atoms. The molecule has 1 aromatic heterocycles. The fraction of sp³-hybridized carbons (Fsp3) is 0.167. The molecule has 0 aliphatic heterocycles. The maximum atomic E-state index is 12.5. The van der Waals surface area contributed by atoms with E-state index < -0.39 is 0 Å². The lowest BCUT2D eigenvalue weighted by Gasteiger charge is -2.10. The molecular formula is C24H23N3O2. The van der Waals surface area contributed by atoms with E-state index in [1.807, 2.05) is 61.5 Å². The number of carbonyl (C=O) groups excluding carboxylic acids is 1. The Hall–Kier alpha value is -3.60. The molecule has 0 atom stereocenters. The number of anilines is 1. The van der Waals surface area contributed by atoms with Crippen molar-refractivity contribution in [3.05, 3.63) is 77.4 Å². The van der Waals surface area contributed by atoms with Gasteiger partial charge in [0.1, 0.15) is 11.6 Å². The second-order valence-electron chi connectivity index (χ2n) is 7.21. The minimum atomic E-state index is -0.0596. The largest absolute Gasteiger partial charge is 0.497 e. The maximum absolute atomic E-state index is 12.5. The molecule has 0 bridgehead atoms. The van der Waals surface area contributed by atoms with Gasteiger partial charge in [-0.2, -0.15) is 0 Å². The van der Waals surface area contributed by atoms with Crippen molar-refractivity contribution in [3.8, 4) is 17.1 Å². The first-order valence-electron chi connectivity index (χ1n) is 9.52. The first-order chi connectivity index (χ1) is 14.0. The Labute approximate surface area is 169 Å². The number of carbonyl (C=O) groups is 1. The topological polar surface area (TPSA) is 67.0 Å². The molecule has 1 heterocycles. The van der Waals surface area contributed by atoms with E-state index in [1.54, 1.807) is 7.11 Å². The lowest BCUT2D eigenvalue weighted by Crippen LogP contribution is -2.15. The fourth-order valence-corrected chi connectivity index (χ4v) is 3.29. The van der Waals surface area contributed by atoms with Crippen LogP contribution in [-0.4, -0.2) is 23.0 Å². The van der Waals surface area contributed by atoms with Crippen molar-refractivity contribution in [1.82, 2.24) is 9.97 Å². The Morgan fingerprint density at radius 3 is 2.59 bits per heavy atom. The Balaban J connectivity index is 1.54. The molecule has 4 aromatic rings. The number of methoxy groups -OCH3 is 1. The number of ether oxygens (including phenoxy) is 1. The number of aryl methyl sites for hydroxylation is 2. The number of imidazole rings is 1. The van der Waals surface area contributed by atoms with Crippen LogP contribution >= 0.6 is 0 Å². The molecule has 0 aliphatic rings. The zero-order valence-electron chi connectivity index (χ0n) is 16.7. The summed E-state index contributed by atoms with van der Waals surface area (Å²) in [6, 6.07) is 19.6.